The summed E-state index contributed by atoms with van der Waals surface area (Å²) in [5.41, 5.74) is 7.63. The fourth-order valence-electron chi connectivity index (χ4n) is 2.25. The van der Waals surface area contributed by atoms with Crippen LogP contribution in [0, 0.1) is 0 Å². The first-order valence-corrected chi connectivity index (χ1v) is 6.56. The fraction of sp³-hybridized carbons (Fsp3) is 0.133. The summed E-state index contributed by atoms with van der Waals surface area (Å²) in [6, 6.07) is 9.27. The Labute approximate surface area is 121 Å². The number of amides is 1. The van der Waals surface area contributed by atoms with E-state index in [1.807, 2.05) is 24.3 Å². The highest BCUT2D eigenvalue weighted by molar-refractivity contribution is 6.11. The van der Waals surface area contributed by atoms with Gasteiger partial charge in [0.25, 0.3) is 5.91 Å². The summed E-state index contributed by atoms with van der Waals surface area (Å²) in [6.07, 6.45) is 3.46. The highest BCUT2D eigenvalue weighted by atomic mass is 16.1. The first-order chi connectivity index (χ1) is 10.2. The smallest absolute Gasteiger partial charge is 0.259 e. The maximum Gasteiger partial charge on any atom is 0.259 e. The summed E-state index contributed by atoms with van der Waals surface area (Å²) in [7, 11) is 1.79. The molecule has 6 nitrogen and oxygen atoms in total. The van der Waals surface area contributed by atoms with E-state index in [0.29, 0.717) is 23.4 Å². The maximum absolute atomic E-state index is 12.5. The number of pyridine rings is 1. The number of aryl methyl sites for hydroxylation is 1. The highest BCUT2D eigenvalue weighted by Gasteiger charge is 2.14. The van der Waals surface area contributed by atoms with Gasteiger partial charge in [-0.05, 0) is 12.1 Å². The van der Waals surface area contributed by atoms with Crippen LogP contribution in [0.2, 0.25) is 0 Å². The molecule has 0 spiro atoms. The molecule has 106 valence electrons. The van der Waals surface area contributed by atoms with Gasteiger partial charge in [-0.3, -0.25) is 14.5 Å². The molecule has 21 heavy (non-hydrogen) atoms. The van der Waals surface area contributed by atoms with Crippen LogP contribution in [0.5, 0.6) is 0 Å². The van der Waals surface area contributed by atoms with Crippen LogP contribution >= 0.6 is 0 Å². The van der Waals surface area contributed by atoms with E-state index in [4.69, 9.17) is 5.73 Å². The Kier molecular flexibility index (Phi) is 3.37. The predicted octanol–water partition coefficient (Wildman–Crippen LogP) is 1.68. The van der Waals surface area contributed by atoms with Crippen molar-refractivity contribution in [1.82, 2.24) is 14.8 Å². The van der Waals surface area contributed by atoms with Crippen molar-refractivity contribution in [1.29, 1.82) is 0 Å². The van der Waals surface area contributed by atoms with E-state index in [-0.39, 0.29) is 5.91 Å². The molecular weight excluding hydrogens is 266 g/mol. The van der Waals surface area contributed by atoms with Crippen LogP contribution in [0.4, 0.5) is 5.82 Å². The topological polar surface area (TPSA) is 85.8 Å². The molecule has 0 aliphatic heterocycles. The van der Waals surface area contributed by atoms with Crippen molar-refractivity contribution in [3.63, 3.8) is 0 Å². The lowest BCUT2D eigenvalue weighted by Gasteiger charge is -2.06. The predicted molar refractivity (Wildman–Crippen MR) is 80.8 cm³/mol. The van der Waals surface area contributed by atoms with Gasteiger partial charge in [0.15, 0.2) is 5.82 Å². The Balaban J connectivity index is 1.97. The Morgan fingerprint density at radius 3 is 2.95 bits per heavy atom. The number of para-hydroxylation sites is 1. The van der Waals surface area contributed by atoms with Gasteiger partial charge in [-0.1, -0.05) is 18.2 Å². The third kappa shape index (κ3) is 2.48. The second kappa shape index (κ2) is 5.34. The number of anilines is 1. The SMILES string of the molecule is Cn1cc(CN)c(NC(=O)c2cccc3cccnc23)n1. The fourth-order valence-corrected chi connectivity index (χ4v) is 2.25. The largest absolute Gasteiger partial charge is 0.326 e. The zero-order chi connectivity index (χ0) is 14.8. The van der Waals surface area contributed by atoms with Crippen LogP contribution in [0.25, 0.3) is 10.9 Å². The first-order valence-electron chi connectivity index (χ1n) is 6.56. The molecule has 3 aromatic rings. The molecule has 0 saturated carbocycles. The van der Waals surface area contributed by atoms with Gasteiger partial charge in [0, 0.05) is 36.9 Å². The molecule has 0 unspecified atom stereocenters. The maximum atomic E-state index is 12.5. The van der Waals surface area contributed by atoms with E-state index in [1.165, 1.54) is 0 Å². The van der Waals surface area contributed by atoms with Crippen molar-refractivity contribution in [2.45, 2.75) is 6.54 Å². The van der Waals surface area contributed by atoms with E-state index >= 15 is 0 Å². The van der Waals surface area contributed by atoms with E-state index in [0.717, 1.165) is 10.9 Å². The number of nitrogens with one attached hydrogen (secondary N) is 1. The van der Waals surface area contributed by atoms with E-state index in [9.17, 15) is 4.79 Å². The molecule has 0 fully saturated rings. The molecule has 0 radical (unpaired) electrons. The third-order valence-electron chi connectivity index (χ3n) is 3.23. The average Bonchev–Trinajstić information content (AvgIpc) is 2.86. The number of hydrogen-bond acceptors (Lipinski definition) is 4. The van der Waals surface area contributed by atoms with Crippen molar-refractivity contribution in [3.05, 3.63) is 53.9 Å². The Bertz CT molecular complexity index is 803. The highest BCUT2D eigenvalue weighted by Crippen LogP contribution is 2.18. The molecule has 1 aromatic carbocycles. The molecule has 3 N–H and O–H groups in total. The van der Waals surface area contributed by atoms with Gasteiger partial charge in [-0.15, -0.1) is 0 Å². The number of benzene rings is 1. The molecule has 0 aliphatic rings. The van der Waals surface area contributed by atoms with Gasteiger partial charge >= 0.3 is 0 Å². The quantitative estimate of drug-likeness (QED) is 0.764. The average molecular weight is 281 g/mol. The van der Waals surface area contributed by atoms with Crippen LogP contribution in [-0.4, -0.2) is 20.7 Å². The molecule has 0 bridgehead atoms. The summed E-state index contributed by atoms with van der Waals surface area (Å²) < 4.78 is 1.62. The van der Waals surface area contributed by atoms with Gasteiger partial charge in [0.05, 0.1) is 11.1 Å². The van der Waals surface area contributed by atoms with Gasteiger partial charge in [-0.2, -0.15) is 5.10 Å². The number of rotatable bonds is 3. The lowest BCUT2D eigenvalue weighted by molar-refractivity contribution is 0.102. The van der Waals surface area contributed by atoms with Crippen LogP contribution in [-0.2, 0) is 13.6 Å². The molecule has 6 heteroatoms. The summed E-state index contributed by atoms with van der Waals surface area (Å²) in [5.74, 6) is 0.241. The summed E-state index contributed by atoms with van der Waals surface area (Å²) in [4.78, 5) is 16.7. The normalized spacial score (nSPS) is 10.8. The lowest BCUT2D eigenvalue weighted by atomic mass is 10.1. The molecule has 0 aliphatic carbocycles. The minimum Gasteiger partial charge on any atom is -0.326 e. The molecule has 2 heterocycles. The van der Waals surface area contributed by atoms with Crippen molar-refractivity contribution < 1.29 is 4.79 Å². The number of nitrogens with zero attached hydrogens (tertiary/aromatic N) is 3. The molecule has 3 rings (SSSR count). The number of nitrogens with two attached hydrogens (primary N) is 1. The number of carbonyl (C=O) groups is 1. The Hall–Kier alpha value is -2.73. The van der Waals surface area contributed by atoms with E-state index in [1.54, 1.807) is 30.2 Å². The minimum atomic E-state index is -0.243. The summed E-state index contributed by atoms with van der Waals surface area (Å²) in [6.45, 7) is 0.317. The van der Waals surface area contributed by atoms with Crippen LogP contribution in [0.1, 0.15) is 15.9 Å². The van der Waals surface area contributed by atoms with Gasteiger partial charge in [0.1, 0.15) is 0 Å². The molecule has 0 saturated heterocycles. The zero-order valence-electron chi connectivity index (χ0n) is 11.6. The van der Waals surface area contributed by atoms with Crippen molar-refractivity contribution >= 4 is 22.6 Å². The lowest BCUT2D eigenvalue weighted by Crippen LogP contribution is -2.15. The zero-order valence-corrected chi connectivity index (χ0v) is 11.6. The summed E-state index contributed by atoms with van der Waals surface area (Å²) >= 11 is 0. The van der Waals surface area contributed by atoms with Gasteiger partial charge in [0.2, 0.25) is 0 Å². The second-order valence-corrected chi connectivity index (χ2v) is 4.72. The molecule has 0 atom stereocenters. The van der Waals surface area contributed by atoms with Crippen molar-refractivity contribution in [2.75, 3.05) is 5.32 Å². The minimum absolute atomic E-state index is 0.243. The third-order valence-corrected chi connectivity index (χ3v) is 3.23. The monoisotopic (exact) mass is 281 g/mol. The second-order valence-electron chi connectivity index (χ2n) is 4.72. The summed E-state index contributed by atoms with van der Waals surface area (Å²) in [5, 5.41) is 7.93. The standard InChI is InChI=1S/C15H15N5O/c1-20-9-11(8-16)14(19-20)18-15(21)12-6-2-4-10-5-3-7-17-13(10)12/h2-7,9H,8,16H2,1H3,(H,18,19,21). The number of fused-ring (bicyclic) bond motifs is 1. The Morgan fingerprint density at radius 2 is 2.14 bits per heavy atom. The molecule has 1 amide bonds. The van der Waals surface area contributed by atoms with Crippen molar-refractivity contribution in [2.24, 2.45) is 12.8 Å². The van der Waals surface area contributed by atoms with Gasteiger partial charge in [-0.25, -0.2) is 0 Å². The number of hydrogen-bond donors (Lipinski definition) is 2. The first kappa shape index (κ1) is 13.3. The Morgan fingerprint density at radius 1 is 1.33 bits per heavy atom. The van der Waals surface area contributed by atoms with Crippen molar-refractivity contribution in [3.8, 4) is 0 Å². The van der Waals surface area contributed by atoms with Crippen LogP contribution in [0.15, 0.2) is 42.7 Å². The van der Waals surface area contributed by atoms with E-state index in [2.05, 4.69) is 15.4 Å². The number of aromatic nitrogens is 3. The van der Waals surface area contributed by atoms with Gasteiger partial charge < -0.3 is 11.1 Å². The molecular formula is C15H15N5O. The van der Waals surface area contributed by atoms with E-state index < -0.39 is 0 Å². The number of carbonyl (C=O) groups excluding carboxylic acids is 1. The van der Waals surface area contributed by atoms with Crippen LogP contribution in [0.3, 0.4) is 0 Å². The molecule has 2 aromatic heterocycles. The van der Waals surface area contributed by atoms with Crippen LogP contribution < -0.4 is 11.1 Å².